The Kier molecular flexibility index (Phi) is 9.16. The molecule has 8 nitrogen and oxygen atoms in total. The fourth-order valence-electron chi connectivity index (χ4n) is 5.56. The number of amides is 1. The molecule has 1 amide bonds. The molecular formula is C34H32ClN5O3S. The van der Waals surface area contributed by atoms with Gasteiger partial charge in [-0.15, -0.1) is 11.3 Å². The van der Waals surface area contributed by atoms with Crippen LogP contribution in [0.1, 0.15) is 51.6 Å². The number of nitrogens with one attached hydrogen (secondary N) is 1. The number of primary amides is 1. The molecular weight excluding hydrogens is 594 g/mol. The number of benzene rings is 3. The smallest absolute Gasteiger partial charge is 0.221 e. The average molecular weight is 626 g/mol. The molecule has 0 saturated heterocycles. The highest BCUT2D eigenvalue weighted by molar-refractivity contribution is 7.13. The molecule has 0 fully saturated rings. The van der Waals surface area contributed by atoms with Gasteiger partial charge in [-0.3, -0.25) is 14.6 Å². The lowest BCUT2D eigenvalue weighted by atomic mass is 9.89. The fraction of sp³-hybridized carbons (Fsp3) is 0.235. The Labute approximate surface area is 264 Å². The zero-order valence-corrected chi connectivity index (χ0v) is 25.6. The van der Waals surface area contributed by atoms with E-state index in [-0.39, 0.29) is 18.2 Å². The van der Waals surface area contributed by atoms with E-state index in [4.69, 9.17) is 22.1 Å². The first-order valence-electron chi connectivity index (χ1n) is 14.5. The number of imidazole rings is 1. The maximum absolute atomic E-state index is 13.5. The van der Waals surface area contributed by atoms with Crippen molar-refractivity contribution >= 4 is 34.6 Å². The number of halogens is 1. The molecule has 2 aromatic heterocycles. The van der Waals surface area contributed by atoms with Gasteiger partial charge in [-0.1, -0.05) is 60.1 Å². The summed E-state index contributed by atoms with van der Waals surface area (Å²) in [4.78, 5) is 35.5. The van der Waals surface area contributed by atoms with E-state index in [0.717, 1.165) is 33.7 Å². The molecule has 5 aromatic rings. The number of hydrogen-bond acceptors (Lipinski definition) is 7. The van der Waals surface area contributed by atoms with Gasteiger partial charge in [0.15, 0.2) is 5.78 Å². The Morgan fingerprint density at radius 1 is 1.05 bits per heavy atom. The summed E-state index contributed by atoms with van der Waals surface area (Å²) >= 11 is 7.62. The number of thiazole rings is 1. The summed E-state index contributed by atoms with van der Waals surface area (Å²) in [6.45, 7) is 1.79. The fourth-order valence-corrected chi connectivity index (χ4v) is 6.32. The maximum Gasteiger partial charge on any atom is 0.221 e. The SMILES string of the molecule is NC(=O)[C@@H](CC(=O)c1cccc2c1OCCC2NCc1cncn1Cc1ccc(-c2cncs2)cc1)Cc1ccc(Cl)cc1. The van der Waals surface area contributed by atoms with E-state index in [1.807, 2.05) is 48.5 Å². The monoisotopic (exact) mass is 625 g/mol. The Morgan fingerprint density at radius 3 is 2.59 bits per heavy atom. The number of carbonyl (C=O) groups excluding carboxylic acids is 2. The van der Waals surface area contributed by atoms with Crippen molar-refractivity contribution in [3.8, 4) is 16.2 Å². The Balaban J connectivity index is 1.12. The lowest BCUT2D eigenvalue weighted by Gasteiger charge is -2.28. The van der Waals surface area contributed by atoms with Gasteiger partial charge in [-0.2, -0.15) is 0 Å². The van der Waals surface area contributed by atoms with E-state index < -0.39 is 11.8 Å². The van der Waals surface area contributed by atoms with Crippen LogP contribution < -0.4 is 15.8 Å². The normalized spacial score (nSPS) is 14.9. The third-order valence-electron chi connectivity index (χ3n) is 7.96. The molecule has 44 heavy (non-hydrogen) atoms. The number of aromatic nitrogens is 3. The van der Waals surface area contributed by atoms with Crippen LogP contribution in [0.15, 0.2) is 91.0 Å². The number of rotatable bonds is 12. The summed E-state index contributed by atoms with van der Waals surface area (Å²) in [6, 6.07) is 21.4. The maximum atomic E-state index is 13.5. The highest BCUT2D eigenvalue weighted by atomic mass is 35.5. The van der Waals surface area contributed by atoms with Crippen molar-refractivity contribution in [3.63, 3.8) is 0 Å². The number of fused-ring (bicyclic) bond motifs is 1. The Morgan fingerprint density at radius 2 is 1.84 bits per heavy atom. The lowest BCUT2D eigenvalue weighted by molar-refractivity contribution is -0.121. The van der Waals surface area contributed by atoms with Crippen molar-refractivity contribution in [2.24, 2.45) is 11.7 Å². The molecule has 0 saturated carbocycles. The molecule has 1 aliphatic heterocycles. The largest absolute Gasteiger partial charge is 0.492 e. The number of ether oxygens (including phenoxy) is 1. The van der Waals surface area contributed by atoms with Crippen LogP contribution in [0.25, 0.3) is 10.4 Å². The molecule has 1 unspecified atom stereocenters. The quantitative estimate of drug-likeness (QED) is 0.159. The van der Waals surface area contributed by atoms with E-state index in [9.17, 15) is 9.59 Å². The Hall–Kier alpha value is -4.31. The minimum absolute atomic E-state index is 0.000245. The van der Waals surface area contributed by atoms with Crippen molar-refractivity contribution in [1.29, 1.82) is 0 Å². The number of nitrogens with two attached hydrogens (primary N) is 1. The third-order valence-corrected chi connectivity index (χ3v) is 9.03. The van der Waals surface area contributed by atoms with Crippen molar-refractivity contribution in [2.75, 3.05) is 6.61 Å². The average Bonchev–Trinajstić information content (AvgIpc) is 3.73. The molecule has 10 heteroatoms. The van der Waals surface area contributed by atoms with Gasteiger partial charge in [0.05, 0.1) is 34.6 Å². The number of hydrogen-bond donors (Lipinski definition) is 2. The summed E-state index contributed by atoms with van der Waals surface area (Å²) in [5, 5.41) is 4.26. The third kappa shape index (κ3) is 6.91. The summed E-state index contributed by atoms with van der Waals surface area (Å²) in [7, 11) is 0. The molecule has 224 valence electrons. The number of ketones is 1. The molecule has 0 bridgehead atoms. The first kappa shape index (κ1) is 29.7. The molecule has 0 radical (unpaired) electrons. The molecule has 3 aromatic carbocycles. The van der Waals surface area contributed by atoms with Crippen LogP contribution in [0.5, 0.6) is 5.75 Å². The minimum Gasteiger partial charge on any atom is -0.492 e. The minimum atomic E-state index is -0.638. The van der Waals surface area contributed by atoms with Gasteiger partial charge in [0, 0.05) is 60.9 Å². The van der Waals surface area contributed by atoms with E-state index >= 15 is 0 Å². The van der Waals surface area contributed by atoms with Crippen molar-refractivity contribution in [2.45, 2.75) is 38.4 Å². The van der Waals surface area contributed by atoms with Gasteiger partial charge in [0.1, 0.15) is 5.75 Å². The predicted molar refractivity (Wildman–Crippen MR) is 172 cm³/mol. The molecule has 6 rings (SSSR count). The highest BCUT2D eigenvalue weighted by Crippen LogP contribution is 2.36. The second-order valence-corrected chi connectivity index (χ2v) is 12.2. The molecule has 1 aliphatic rings. The summed E-state index contributed by atoms with van der Waals surface area (Å²) in [5.41, 5.74) is 13.3. The first-order valence-corrected chi connectivity index (χ1v) is 15.7. The predicted octanol–water partition coefficient (Wildman–Crippen LogP) is 6.24. The molecule has 0 aliphatic carbocycles. The van der Waals surface area contributed by atoms with Gasteiger partial charge in [-0.05, 0) is 41.3 Å². The van der Waals surface area contributed by atoms with E-state index in [1.165, 1.54) is 5.56 Å². The van der Waals surface area contributed by atoms with Crippen LogP contribution in [-0.2, 0) is 24.3 Å². The zero-order valence-electron chi connectivity index (χ0n) is 24.0. The van der Waals surface area contributed by atoms with Crippen LogP contribution in [-0.4, -0.2) is 32.8 Å². The number of carbonyl (C=O) groups is 2. The van der Waals surface area contributed by atoms with Crippen LogP contribution in [0.2, 0.25) is 5.02 Å². The standard InChI is InChI=1S/C34H32ClN5O3S/c35-26-10-6-22(7-11-26)14-25(34(36)42)15-31(41)29-3-1-2-28-30(12-13-43-33(28)29)39-17-27-16-37-20-40(27)19-23-4-8-24(9-5-23)32-18-38-21-44-32/h1-11,16,18,20-21,25,30,39H,12-15,17,19H2,(H2,36,42)/t25-,30?/m1/s1. The highest BCUT2D eigenvalue weighted by Gasteiger charge is 2.28. The lowest BCUT2D eigenvalue weighted by Crippen LogP contribution is -2.30. The van der Waals surface area contributed by atoms with E-state index in [0.29, 0.717) is 42.5 Å². The van der Waals surface area contributed by atoms with Gasteiger partial charge >= 0.3 is 0 Å². The van der Waals surface area contributed by atoms with Crippen molar-refractivity contribution < 1.29 is 14.3 Å². The summed E-state index contributed by atoms with van der Waals surface area (Å²) in [5.74, 6) is -0.739. The van der Waals surface area contributed by atoms with Crippen molar-refractivity contribution in [3.05, 3.63) is 124 Å². The molecule has 3 N–H and O–H groups in total. The van der Waals surface area contributed by atoms with Gasteiger partial charge in [0.25, 0.3) is 0 Å². The molecule has 2 atom stereocenters. The van der Waals surface area contributed by atoms with Gasteiger partial charge < -0.3 is 20.4 Å². The summed E-state index contributed by atoms with van der Waals surface area (Å²) in [6.07, 6.45) is 6.74. The number of nitrogens with zero attached hydrogens (tertiary/aromatic N) is 3. The van der Waals surface area contributed by atoms with Crippen LogP contribution in [0.4, 0.5) is 0 Å². The molecule has 3 heterocycles. The topological polar surface area (TPSA) is 112 Å². The van der Waals surface area contributed by atoms with E-state index in [2.05, 4.69) is 44.1 Å². The Bertz CT molecular complexity index is 1740. The van der Waals surface area contributed by atoms with Crippen molar-refractivity contribution in [1.82, 2.24) is 19.9 Å². The second-order valence-electron chi connectivity index (χ2n) is 10.9. The molecule has 0 spiro atoms. The van der Waals surface area contributed by atoms with Crippen LogP contribution in [0.3, 0.4) is 0 Å². The van der Waals surface area contributed by atoms with Gasteiger partial charge in [0.2, 0.25) is 5.91 Å². The van der Waals surface area contributed by atoms with Crippen LogP contribution >= 0.6 is 22.9 Å². The number of Topliss-reactive ketones (excluding diaryl/α,β-unsaturated/α-hetero) is 1. The van der Waals surface area contributed by atoms with Crippen LogP contribution in [0, 0.1) is 5.92 Å². The second kappa shape index (κ2) is 13.5. The zero-order chi connectivity index (χ0) is 30.5. The number of para-hydroxylation sites is 1. The van der Waals surface area contributed by atoms with E-state index in [1.54, 1.807) is 29.5 Å². The first-order chi connectivity index (χ1) is 21.4. The summed E-state index contributed by atoms with van der Waals surface area (Å²) < 4.78 is 8.18. The van der Waals surface area contributed by atoms with Gasteiger partial charge in [-0.25, -0.2) is 4.98 Å².